The number of carbonyl (C=O) groups excluding carboxylic acids is 1. The molecule has 2 heterocycles. The van der Waals surface area contributed by atoms with Crippen LogP contribution in [-0.2, 0) is 4.79 Å². The molecule has 1 fully saturated rings. The number of rotatable bonds is 6. The highest BCUT2D eigenvalue weighted by atomic mass is 32.2. The number of thioether (sulfide) groups is 1. The van der Waals surface area contributed by atoms with Gasteiger partial charge in [-0.1, -0.05) is 36.1 Å². The molecule has 1 amide bonds. The average Bonchev–Trinajstić information content (AvgIpc) is 3.08. The highest BCUT2D eigenvalue weighted by molar-refractivity contribution is 8.01. The fourth-order valence-electron chi connectivity index (χ4n) is 2.62. The van der Waals surface area contributed by atoms with Gasteiger partial charge in [0.1, 0.15) is 5.75 Å². The van der Waals surface area contributed by atoms with Crippen LogP contribution in [0.2, 0.25) is 0 Å². The van der Waals surface area contributed by atoms with Crippen molar-refractivity contribution in [1.29, 1.82) is 0 Å². The zero-order valence-electron chi connectivity index (χ0n) is 14.4. The zero-order valence-corrected chi connectivity index (χ0v) is 16.0. The van der Waals surface area contributed by atoms with Gasteiger partial charge in [0, 0.05) is 24.8 Å². The maximum Gasteiger partial charge on any atom is 0.233 e. The summed E-state index contributed by atoms with van der Waals surface area (Å²) in [5.74, 6) is 2.12. The first-order valence-corrected chi connectivity index (χ1v) is 10.1. The van der Waals surface area contributed by atoms with Gasteiger partial charge in [0.2, 0.25) is 11.0 Å². The van der Waals surface area contributed by atoms with E-state index in [9.17, 15) is 4.79 Å². The summed E-state index contributed by atoms with van der Waals surface area (Å²) in [6, 6.07) is 7.64. The minimum Gasteiger partial charge on any atom is -0.497 e. The summed E-state index contributed by atoms with van der Waals surface area (Å²) in [4.78, 5) is 14.2. The number of carbonyl (C=O) groups is 1. The molecule has 1 aromatic heterocycles. The second-order valence-electron chi connectivity index (χ2n) is 6.08. The van der Waals surface area contributed by atoms with E-state index in [2.05, 4.69) is 22.4 Å². The third-order valence-electron chi connectivity index (χ3n) is 4.18. The molecule has 0 atom stereocenters. The van der Waals surface area contributed by atoms with Gasteiger partial charge in [-0.2, -0.15) is 0 Å². The topological polar surface area (TPSA) is 67.3 Å². The first kappa shape index (κ1) is 18.0. The van der Waals surface area contributed by atoms with Crippen LogP contribution in [0.3, 0.4) is 0 Å². The van der Waals surface area contributed by atoms with Crippen molar-refractivity contribution in [2.75, 3.05) is 31.3 Å². The number of nitrogens with zero attached hydrogens (tertiary/aromatic N) is 3. The zero-order chi connectivity index (χ0) is 17.6. The molecule has 0 aliphatic carbocycles. The molecule has 0 saturated carbocycles. The van der Waals surface area contributed by atoms with Crippen molar-refractivity contribution in [3.05, 3.63) is 24.3 Å². The number of hydrogen-bond donors (Lipinski definition) is 1. The molecule has 6 nitrogen and oxygen atoms in total. The third kappa shape index (κ3) is 5.09. The number of piperidine rings is 1. The first-order chi connectivity index (χ1) is 12.1. The monoisotopic (exact) mass is 378 g/mol. The van der Waals surface area contributed by atoms with Gasteiger partial charge in [-0.15, -0.1) is 10.2 Å². The number of aromatic nitrogens is 2. The Labute approximate surface area is 156 Å². The van der Waals surface area contributed by atoms with Crippen molar-refractivity contribution in [2.45, 2.75) is 24.1 Å². The van der Waals surface area contributed by atoms with Gasteiger partial charge in [-0.3, -0.25) is 4.79 Å². The van der Waals surface area contributed by atoms with Crippen LogP contribution in [0.25, 0.3) is 0 Å². The van der Waals surface area contributed by atoms with Gasteiger partial charge in [-0.25, -0.2) is 0 Å². The lowest BCUT2D eigenvalue weighted by molar-refractivity contribution is -0.129. The predicted octanol–water partition coefficient (Wildman–Crippen LogP) is 3.64. The number of amides is 1. The number of ether oxygens (including phenoxy) is 1. The molecular formula is C17H22N4O2S2. The van der Waals surface area contributed by atoms with E-state index in [1.807, 2.05) is 29.2 Å². The van der Waals surface area contributed by atoms with E-state index in [0.29, 0.717) is 10.9 Å². The van der Waals surface area contributed by atoms with Crippen molar-refractivity contribution in [3.63, 3.8) is 0 Å². The molecule has 2 aromatic rings. The van der Waals surface area contributed by atoms with E-state index in [-0.39, 0.29) is 5.91 Å². The third-order valence-corrected chi connectivity index (χ3v) is 6.14. The number of likely N-dealkylation sites (tertiary alicyclic amines) is 1. The summed E-state index contributed by atoms with van der Waals surface area (Å²) < 4.78 is 6.00. The van der Waals surface area contributed by atoms with Crippen molar-refractivity contribution in [3.8, 4) is 5.75 Å². The van der Waals surface area contributed by atoms with Crippen LogP contribution in [0.5, 0.6) is 5.75 Å². The average molecular weight is 379 g/mol. The molecule has 1 aromatic carbocycles. The standard InChI is InChI=1S/C17H22N4O2S2/c1-12-6-8-21(9-7-12)15(22)11-24-17-20-19-16(25-17)18-13-4-3-5-14(10-13)23-2/h3-5,10,12H,6-9,11H2,1-2H3,(H,18,19). The highest BCUT2D eigenvalue weighted by Crippen LogP contribution is 2.29. The minimum atomic E-state index is 0.189. The maximum atomic E-state index is 12.3. The van der Waals surface area contributed by atoms with Gasteiger partial charge in [0.25, 0.3) is 0 Å². The largest absolute Gasteiger partial charge is 0.497 e. The smallest absolute Gasteiger partial charge is 0.233 e. The van der Waals surface area contributed by atoms with Gasteiger partial charge in [0.15, 0.2) is 4.34 Å². The lowest BCUT2D eigenvalue weighted by Crippen LogP contribution is -2.38. The first-order valence-electron chi connectivity index (χ1n) is 8.29. The molecule has 1 aliphatic heterocycles. The Morgan fingerprint density at radius 1 is 1.40 bits per heavy atom. The lowest BCUT2D eigenvalue weighted by Gasteiger charge is -2.30. The van der Waals surface area contributed by atoms with Crippen LogP contribution in [0, 0.1) is 5.92 Å². The van der Waals surface area contributed by atoms with Crippen LogP contribution in [-0.4, -0.2) is 47.0 Å². The number of benzene rings is 1. The fourth-order valence-corrected chi connectivity index (χ4v) is 4.29. The molecule has 0 spiro atoms. The van der Waals surface area contributed by atoms with Crippen LogP contribution in [0.15, 0.2) is 28.6 Å². The molecule has 3 rings (SSSR count). The highest BCUT2D eigenvalue weighted by Gasteiger charge is 2.20. The van der Waals surface area contributed by atoms with Crippen LogP contribution in [0.1, 0.15) is 19.8 Å². The van der Waals surface area contributed by atoms with E-state index in [1.54, 1.807) is 7.11 Å². The Kier molecular flexibility index (Phi) is 6.14. The molecule has 1 saturated heterocycles. The number of anilines is 2. The van der Waals surface area contributed by atoms with Crippen molar-refractivity contribution < 1.29 is 9.53 Å². The Bertz CT molecular complexity index is 714. The molecule has 134 valence electrons. The molecule has 0 unspecified atom stereocenters. The van der Waals surface area contributed by atoms with Crippen LogP contribution in [0.4, 0.5) is 10.8 Å². The van der Waals surface area contributed by atoms with E-state index in [4.69, 9.17) is 4.74 Å². The van der Waals surface area contributed by atoms with Gasteiger partial charge >= 0.3 is 0 Å². The lowest BCUT2D eigenvalue weighted by atomic mass is 9.99. The minimum absolute atomic E-state index is 0.189. The Morgan fingerprint density at radius 3 is 2.96 bits per heavy atom. The molecule has 25 heavy (non-hydrogen) atoms. The van der Waals surface area contributed by atoms with Gasteiger partial charge in [0.05, 0.1) is 12.9 Å². The van der Waals surface area contributed by atoms with E-state index in [0.717, 1.165) is 47.6 Å². The summed E-state index contributed by atoms with van der Waals surface area (Å²) in [6.07, 6.45) is 2.20. The van der Waals surface area contributed by atoms with E-state index in [1.165, 1.54) is 23.1 Å². The SMILES string of the molecule is COc1cccc(Nc2nnc(SCC(=O)N3CCC(C)CC3)s2)c1. The fraction of sp³-hybridized carbons (Fsp3) is 0.471. The normalized spacial score (nSPS) is 15.2. The molecule has 0 radical (unpaired) electrons. The second-order valence-corrected chi connectivity index (χ2v) is 8.28. The summed E-state index contributed by atoms with van der Waals surface area (Å²) in [7, 11) is 1.64. The van der Waals surface area contributed by atoms with Crippen molar-refractivity contribution in [2.24, 2.45) is 5.92 Å². The molecule has 8 heteroatoms. The van der Waals surface area contributed by atoms with Crippen molar-refractivity contribution in [1.82, 2.24) is 15.1 Å². The summed E-state index contributed by atoms with van der Waals surface area (Å²) >= 11 is 2.90. The summed E-state index contributed by atoms with van der Waals surface area (Å²) in [6.45, 7) is 3.99. The quantitative estimate of drug-likeness (QED) is 0.774. The molecule has 1 aliphatic rings. The van der Waals surface area contributed by atoms with Gasteiger partial charge in [-0.05, 0) is 30.9 Å². The summed E-state index contributed by atoms with van der Waals surface area (Å²) in [5, 5.41) is 12.2. The van der Waals surface area contributed by atoms with Crippen LogP contribution >= 0.6 is 23.1 Å². The van der Waals surface area contributed by atoms with E-state index < -0.39 is 0 Å². The number of hydrogen-bond acceptors (Lipinski definition) is 7. The van der Waals surface area contributed by atoms with E-state index >= 15 is 0 Å². The Morgan fingerprint density at radius 2 is 2.20 bits per heavy atom. The van der Waals surface area contributed by atoms with Crippen molar-refractivity contribution >= 4 is 39.8 Å². The second kappa shape index (κ2) is 8.53. The Hall–Kier alpha value is -1.80. The molecule has 0 bridgehead atoms. The summed E-state index contributed by atoms with van der Waals surface area (Å²) in [5.41, 5.74) is 0.894. The van der Waals surface area contributed by atoms with Crippen LogP contribution < -0.4 is 10.1 Å². The molecule has 1 N–H and O–H groups in total. The Balaban J connectivity index is 1.50. The number of methoxy groups -OCH3 is 1. The number of nitrogens with one attached hydrogen (secondary N) is 1. The molecular weight excluding hydrogens is 356 g/mol. The maximum absolute atomic E-state index is 12.3. The van der Waals surface area contributed by atoms with Gasteiger partial charge < -0.3 is 15.0 Å². The predicted molar refractivity (Wildman–Crippen MR) is 102 cm³/mol.